The van der Waals surface area contributed by atoms with Crippen LogP contribution in [0.3, 0.4) is 0 Å². The molecule has 2 rings (SSSR count). The minimum atomic E-state index is 0.0690. The summed E-state index contributed by atoms with van der Waals surface area (Å²) in [5.74, 6) is 3.90. The van der Waals surface area contributed by atoms with Gasteiger partial charge in [0, 0.05) is 5.75 Å². The highest BCUT2D eigenvalue weighted by molar-refractivity contribution is 7.98. The first-order valence-electron chi connectivity index (χ1n) is 6.79. The first-order chi connectivity index (χ1) is 9.20. The van der Waals surface area contributed by atoms with Crippen molar-refractivity contribution < 1.29 is 4.74 Å². The van der Waals surface area contributed by atoms with E-state index in [-0.39, 0.29) is 5.84 Å². The molecule has 3 N–H and O–H groups in total. The molecule has 104 valence electrons. The zero-order valence-electron chi connectivity index (χ0n) is 11.4. The Morgan fingerprint density at radius 2 is 2.16 bits per heavy atom. The number of rotatable bonds is 6. The molecule has 0 heterocycles. The highest BCUT2D eigenvalue weighted by Gasteiger charge is 2.14. The molecule has 0 aromatic heterocycles. The molecule has 1 aromatic rings. The molecular formula is C15H22N2OS. The molecule has 3 nitrogen and oxygen atoms in total. The second-order valence-corrected chi connectivity index (χ2v) is 6.14. The van der Waals surface area contributed by atoms with E-state index in [0.717, 1.165) is 11.7 Å². The number of nitrogens with two attached hydrogens (primary N) is 1. The summed E-state index contributed by atoms with van der Waals surface area (Å²) in [7, 11) is 1.61. The second-order valence-electron chi connectivity index (χ2n) is 5.11. The molecule has 0 atom stereocenters. The van der Waals surface area contributed by atoms with E-state index >= 15 is 0 Å². The van der Waals surface area contributed by atoms with Gasteiger partial charge in [-0.3, -0.25) is 5.41 Å². The summed E-state index contributed by atoms with van der Waals surface area (Å²) >= 11 is 1.99. The summed E-state index contributed by atoms with van der Waals surface area (Å²) in [5, 5.41) is 7.58. The zero-order chi connectivity index (χ0) is 13.7. The van der Waals surface area contributed by atoms with Crippen LogP contribution in [0.4, 0.5) is 0 Å². The normalized spacial score (nSPS) is 15.6. The highest BCUT2D eigenvalue weighted by Crippen LogP contribution is 2.29. The van der Waals surface area contributed by atoms with Crippen LogP contribution in [0.1, 0.15) is 36.8 Å². The number of benzene rings is 1. The summed E-state index contributed by atoms with van der Waals surface area (Å²) in [6.45, 7) is 0. The van der Waals surface area contributed by atoms with Gasteiger partial charge in [-0.2, -0.15) is 11.8 Å². The van der Waals surface area contributed by atoms with Crippen LogP contribution in [-0.4, -0.2) is 18.7 Å². The van der Waals surface area contributed by atoms with Crippen molar-refractivity contribution in [2.24, 2.45) is 11.7 Å². The van der Waals surface area contributed by atoms with Crippen LogP contribution in [0, 0.1) is 11.3 Å². The number of amidine groups is 1. The Balaban J connectivity index is 1.92. The molecule has 1 aliphatic rings. The molecule has 1 aliphatic carbocycles. The van der Waals surface area contributed by atoms with E-state index in [2.05, 4.69) is 6.07 Å². The van der Waals surface area contributed by atoms with Gasteiger partial charge in [0.1, 0.15) is 11.6 Å². The van der Waals surface area contributed by atoms with E-state index in [9.17, 15) is 0 Å². The number of nitrogen functional groups attached to an aromatic ring is 1. The number of thioether (sulfide) groups is 1. The van der Waals surface area contributed by atoms with E-state index in [0.29, 0.717) is 11.3 Å². The highest BCUT2D eigenvalue weighted by atomic mass is 32.2. The number of hydrogen-bond donors (Lipinski definition) is 2. The molecule has 0 bridgehead atoms. The number of methoxy groups -OCH3 is 1. The molecule has 4 heteroatoms. The molecule has 19 heavy (non-hydrogen) atoms. The van der Waals surface area contributed by atoms with Gasteiger partial charge in [-0.05, 0) is 42.2 Å². The third-order valence-corrected chi connectivity index (χ3v) is 4.90. The first-order valence-corrected chi connectivity index (χ1v) is 7.95. The molecule has 1 aromatic carbocycles. The summed E-state index contributed by atoms with van der Waals surface area (Å²) in [4.78, 5) is 0. The lowest BCUT2D eigenvalue weighted by molar-refractivity contribution is 0.413. The molecule has 1 fully saturated rings. The molecule has 0 saturated heterocycles. The second kappa shape index (κ2) is 6.85. The third kappa shape index (κ3) is 3.90. The van der Waals surface area contributed by atoms with Crippen LogP contribution in [-0.2, 0) is 5.75 Å². The van der Waals surface area contributed by atoms with Crippen molar-refractivity contribution in [3.63, 3.8) is 0 Å². The van der Waals surface area contributed by atoms with Gasteiger partial charge in [0.2, 0.25) is 0 Å². The number of nitrogens with one attached hydrogen (secondary N) is 1. The fraction of sp³-hybridized carbons (Fsp3) is 0.533. The van der Waals surface area contributed by atoms with E-state index in [1.54, 1.807) is 7.11 Å². The molecule has 0 spiro atoms. The fourth-order valence-corrected chi connectivity index (χ4v) is 3.78. The van der Waals surface area contributed by atoms with Crippen LogP contribution in [0.15, 0.2) is 18.2 Å². The maximum atomic E-state index is 7.58. The van der Waals surface area contributed by atoms with Gasteiger partial charge in [0.15, 0.2) is 0 Å². The van der Waals surface area contributed by atoms with Crippen LogP contribution in [0.2, 0.25) is 0 Å². The summed E-state index contributed by atoms with van der Waals surface area (Å²) in [6.07, 6.45) is 5.60. The first kappa shape index (κ1) is 14.3. The largest absolute Gasteiger partial charge is 0.496 e. The monoisotopic (exact) mass is 278 g/mol. The lowest BCUT2D eigenvalue weighted by Crippen LogP contribution is -2.13. The van der Waals surface area contributed by atoms with E-state index in [1.165, 1.54) is 37.0 Å². The van der Waals surface area contributed by atoms with Gasteiger partial charge in [0.05, 0.1) is 12.7 Å². The smallest absolute Gasteiger partial charge is 0.129 e. The van der Waals surface area contributed by atoms with E-state index in [4.69, 9.17) is 15.9 Å². The van der Waals surface area contributed by atoms with Gasteiger partial charge in [-0.25, -0.2) is 0 Å². The summed E-state index contributed by atoms with van der Waals surface area (Å²) < 4.78 is 5.22. The van der Waals surface area contributed by atoms with Crippen molar-refractivity contribution >= 4 is 17.6 Å². The Bertz CT molecular complexity index is 442. The summed E-state index contributed by atoms with van der Waals surface area (Å²) in [5.41, 5.74) is 7.50. The van der Waals surface area contributed by atoms with Crippen molar-refractivity contribution in [3.05, 3.63) is 29.3 Å². The Morgan fingerprint density at radius 3 is 2.79 bits per heavy atom. The fourth-order valence-electron chi connectivity index (χ4n) is 2.58. The predicted octanol–water partition coefficient (Wildman–Crippen LogP) is 3.40. The molecule has 0 radical (unpaired) electrons. The van der Waals surface area contributed by atoms with Crippen LogP contribution < -0.4 is 10.5 Å². The van der Waals surface area contributed by atoms with E-state index in [1.807, 2.05) is 23.9 Å². The molecular weight excluding hydrogens is 256 g/mol. The van der Waals surface area contributed by atoms with Crippen molar-refractivity contribution in [3.8, 4) is 5.75 Å². The Labute approximate surface area is 119 Å². The van der Waals surface area contributed by atoms with Gasteiger partial charge in [-0.1, -0.05) is 18.9 Å². The van der Waals surface area contributed by atoms with Gasteiger partial charge in [-0.15, -0.1) is 0 Å². The van der Waals surface area contributed by atoms with Crippen molar-refractivity contribution in [1.82, 2.24) is 0 Å². The zero-order valence-corrected chi connectivity index (χ0v) is 12.3. The minimum absolute atomic E-state index is 0.0690. The summed E-state index contributed by atoms with van der Waals surface area (Å²) in [6, 6.07) is 5.94. The topological polar surface area (TPSA) is 59.1 Å². The van der Waals surface area contributed by atoms with Crippen molar-refractivity contribution in [2.45, 2.75) is 31.4 Å². The predicted molar refractivity (Wildman–Crippen MR) is 82.1 cm³/mol. The molecule has 1 saturated carbocycles. The Kier molecular flexibility index (Phi) is 5.14. The average molecular weight is 278 g/mol. The van der Waals surface area contributed by atoms with Crippen LogP contribution in [0.25, 0.3) is 0 Å². The quantitative estimate of drug-likeness (QED) is 0.619. The minimum Gasteiger partial charge on any atom is -0.496 e. The SMILES string of the molecule is COc1ccc(CSCC2CCCC2)cc1C(=N)N. The maximum Gasteiger partial charge on any atom is 0.129 e. The molecule has 0 unspecified atom stereocenters. The van der Waals surface area contributed by atoms with Gasteiger partial charge in [0.25, 0.3) is 0 Å². The van der Waals surface area contributed by atoms with Crippen molar-refractivity contribution in [1.29, 1.82) is 5.41 Å². The third-order valence-electron chi connectivity index (χ3n) is 3.65. The molecule has 0 amide bonds. The maximum absolute atomic E-state index is 7.58. The van der Waals surface area contributed by atoms with Gasteiger partial charge >= 0.3 is 0 Å². The standard InChI is InChI=1S/C15H22N2OS/c1-18-14-7-6-12(8-13(14)15(16)17)10-19-9-11-4-2-3-5-11/h6-8,11H,2-5,9-10H2,1H3,(H3,16,17). The average Bonchev–Trinajstić information content (AvgIpc) is 2.91. The lowest BCUT2D eigenvalue weighted by atomic mass is 10.1. The van der Waals surface area contributed by atoms with Crippen LogP contribution >= 0.6 is 11.8 Å². The van der Waals surface area contributed by atoms with E-state index < -0.39 is 0 Å². The van der Waals surface area contributed by atoms with Crippen molar-refractivity contribution in [2.75, 3.05) is 12.9 Å². The van der Waals surface area contributed by atoms with Crippen LogP contribution in [0.5, 0.6) is 5.75 Å². The Morgan fingerprint density at radius 1 is 1.42 bits per heavy atom. The number of hydrogen-bond acceptors (Lipinski definition) is 3. The molecule has 0 aliphatic heterocycles. The Hall–Kier alpha value is -1.16. The lowest BCUT2D eigenvalue weighted by Gasteiger charge is -2.11. The van der Waals surface area contributed by atoms with Gasteiger partial charge < -0.3 is 10.5 Å². The number of ether oxygens (including phenoxy) is 1.